The van der Waals surface area contributed by atoms with Gasteiger partial charge in [0.15, 0.2) is 5.82 Å². The Morgan fingerprint density at radius 3 is 2.80 bits per heavy atom. The van der Waals surface area contributed by atoms with Gasteiger partial charge in [-0.3, -0.25) is 4.90 Å². The number of halogens is 2. The molecular formula is C21H30F2N6O. The highest BCUT2D eigenvalue weighted by Crippen LogP contribution is 2.37. The van der Waals surface area contributed by atoms with Gasteiger partial charge in [0.1, 0.15) is 17.9 Å². The van der Waals surface area contributed by atoms with E-state index in [0.29, 0.717) is 18.9 Å². The van der Waals surface area contributed by atoms with Crippen LogP contribution in [0.2, 0.25) is 0 Å². The summed E-state index contributed by atoms with van der Waals surface area (Å²) in [4.78, 5) is 8.63. The van der Waals surface area contributed by atoms with Crippen LogP contribution < -0.4 is 5.73 Å². The topological polar surface area (TPSA) is 71.9 Å². The smallest absolute Gasteiger partial charge is 0.250 e. The third kappa shape index (κ3) is 4.02. The van der Waals surface area contributed by atoms with Gasteiger partial charge in [-0.2, -0.15) is 5.10 Å². The van der Waals surface area contributed by atoms with Crippen molar-refractivity contribution in [3.05, 3.63) is 24.2 Å². The molecule has 164 valence electrons. The normalized spacial score (nSPS) is 30.4. The summed E-state index contributed by atoms with van der Waals surface area (Å²) in [6.45, 7) is 3.96. The summed E-state index contributed by atoms with van der Waals surface area (Å²) in [5.74, 6) is -2.10. The monoisotopic (exact) mass is 420 g/mol. The second-order valence-corrected chi connectivity index (χ2v) is 8.99. The first kappa shape index (κ1) is 20.1. The molecule has 0 radical (unpaired) electrons. The summed E-state index contributed by atoms with van der Waals surface area (Å²) in [5.41, 5.74) is 7.69. The van der Waals surface area contributed by atoms with Crippen molar-refractivity contribution in [2.24, 2.45) is 0 Å². The Kier molecular flexibility index (Phi) is 5.37. The predicted molar refractivity (Wildman–Crippen MR) is 109 cm³/mol. The van der Waals surface area contributed by atoms with Gasteiger partial charge in [0, 0.05) is 38.5 Å². The van der Waals surface area contributed by atoms with Gasteiger partial charge in [-0.15, -0.1) is 0 Å². The Balaban J connectivity index is 1.25. The second-order valence-electron chi connectivity index (χ2n) is 8.99. The summed E-state index contributed by atoms with van der Waals surface area (Å²) in [6, 6.07) is 3.81. The van der Waals surface area contributed by atoms with E-state index in [4.69, 9.17) is 10.5 Å². The molecule has 5 heterocycles. The van der Waals surface area contributed by atoms with E-state index in [1.165, 1.54) is 19.2 Å². The van der Waals surface area contributed by atoms with Crippen LogP contribution in [0.25, 0.3) is 5.52 Å². The summed E-state index contributed by atoms with van der Waals surface area (Å²) in [6.07, 6.45) is 5.50. The summed E-state index contributed by atoms with van der Waals surface area (Å²) in [7, 11) is 0. The maximum Gasteiger partial charge on any atom is 0.250 e. The lowest BCUT2D eigenvalue weighted by Gasteiger charge is -2.41. The van der Waals surface area contributed by atoms with E-state index in [2.05, 4.69) is 19.9 Å². The van der Waals surface area contributed by atoms with Crippen molar-refractivity contribution in [1.29, 1.82) is 0 Å². The summed E-state index contributed by atoms with van der Waals surface area (Å²) >= 11 is 0. The number of rotatable bonds is 5. The van der Waals surface area contributed by atoms with Crippen molar-refractivity contribution in [1.82, 2.24) is 24.4 Å². The van der Waals surface area contributed by atoms with Crippen LogP contribution >= 0.6 is 0 Å². The van der Waals surface area contributed by atoms with Crippen molar-refractivity contribution in [3.63, 3.8) is 0 Å². The first-order valence-electron chi connectivity index (χ1n) is 11.1. The van der Waals surface area contributed by atoms with Gasteiger partial charge in [-0.05, 0) is 50.9 Å². The number of alkyl halides is 2. The predicted octanol–water partition coefficient (Wildman–Crippen LogP) is 2.73. The van der Waals surface area contributed by atoms with Gasteiger partial charge in [-0.1, -0.05) is 0 Å². The number of aromatic nitrogens is 3. The molecule has 3 fully saturated rings. The third-order valence-electron chi connectivity index (χ3n) is 6.87. The molecule has 9 heteroatoms. The zero-order valence-corrected chi connectivity index (χ0v) is 17.2. The zero-order chi connectivity index (χ0) is 20.7. The van der Waals surface area contributed by atoms with Gasteiger partial charge in [0.2, 0.25) is 0 Å². The molecule has 0 aliphatic carbocycles. The number of likely N-dealkylation sites (tertiary alicyclic amines) is 2. The molecule has 0 unspecified atom stereocenters. The Morgan fingerprint density at radius 1 is 1.13 bits per heavy atom. The Morgan fingerprint density at radius 2 is 1.97 bits per heavy atom. The maximum atomic E-state index is 14.1. The number of anilines is 1. The van der Waals surface area contributed by atoms with Crippen molar-refractivity contribution in [3.8, 4) is 0 Å². The van der Waals surface area contributed by atoms with Crippen LogP contribution in [0.3, 0.4) is 0 Å². The number of hydrogen-bond acceptors (Lipinski definition) is 6. The largest absolute Gasteiger partial charge is 0.382 e. The average molecular weight is 421 g/mol. The van der Waals surface area contributed by atoms with Gasteiger partial charge in [0.05, 0.1) is 11.8 Å². The lowest BCUT2D eigenvalue weighted by atomic mass is 9.97. The molecule has 0 saturated carbocycles. The fraction of sp³-hybridized carbons (Fsp3) is 0.714. The van der Waals surface area contributed by atoms with Crippen LogP contribution in [0.4, 0.5) is 14.6 Å². The minimum absolute atomic E-state index is 0.0425. The van der Waals surface area contributed by atoms with E-state index < -0.39 is 5.92 Å². The van der Waals surface area contributed by atoms with E-state index in [1.807, 2.05) is 12.1 Å². The zero-order valence-electron chi connectivity index (χ0n) is 17.2. The highest BCUT2D eigenvalue weighted by molar-refractivity contribution is 5.65. The molecular weight excluding hydrogens is 390 g/mol. The molecule has 30 heavy (non-hydrogen) atoms. The molecule has 2 aromatic heterocycles. The van der Waals surface area contributed by atoms with Crippen LogP contribution in [-0.2, 0) is 4.74 Å². The number of piperidine rings is 1. The van der Waals surface area contributed by atoms with Crippen molar-refractivity contribution in [2.75, 3.05) is 38.5 Å². The molecule has 0 spiro atoms. The summed E-state index contributed by atoms with van der Waals surface area (Å²) in [5, 5.41) is 4.32. The molecule has 3 aliphatic heterocycles. The standard InChI is InChI=1S/C21H30F2N6O/c22-21(23)7-10-28(15(11-21)12-27-8-1-2-9-27)13-16-3-6-19(30-16)17-4-5-18-20(24)25-14-26-29(17)18/h4-5,14-16,19H,1-3,6-13H2,(H2,24,25,26)/t15-,16-,19+/m0/s1. The van der Waals surface area contributed by atoms with Crippen molar-refractivity contribution in [2.45, 2.75) is 62.7 Å². The van der Waals surface area contributed by atoms with Gasteiger partial charge >= 0.3 is 0 Å². The molecule has 7 nitrogen and oxygen atoms in total. The quantitative estimate of drug-likeness (QED) is 0.802. The minimum Gasteiger partial charge on any atom is -0.382 e. The fourth-order valence-electron chi connectivity index (χ4n) is 5.29. The molecule has 2 aromatic rings. The van der Waals surface area contributed by atoms with E-state index in [0.717, 1.165) is 43.7 Å². The number of fused-ring (bicyclic) bond motifs is 1. The molecule has 0 amide bonds. The maximum absolute atomic E-state index is 14.1. The van der Waals surface area contributed by atoms with Crippen LogP contribution in [0.5, 0.6) is 0 Å². The Hall–Kier alpha value is -1.84. The fourth-order valence-corrected chi connectivity index (χ4v) is 5.29. The molecule has 3 aliphatic rings. The highest BCUT2D eigenvalue weighted by Gasteiger charge is 2.42. The molecule has 2 N–H and O–H groups in total. The first-order valence-corrected chi connectivity index (χ1v) is 11.1. The van der Waals surface area contributed by atoms with E-state index in [1.54, 1.807) is 4.52 Å². The number of ether oxygens (including phenoxy) is 1. The van der Waals surface area contributed by atoms with Crippen molar-refractivity contribution >= 4 is 11.3 Å². The second kappa shape index (κ2) is 8.01. The molecule has 5 rings (SSSR count). The lowest BCUT2D eigenvalue weighted by Crippen LogP contribution is -2.53. The number of hydrogen-bond donors (Lipinski definition) is 1. The molecule has 3 saturated heterocycles. The van der Waals surface area contributed by atoms with Crippen molar-refractivity contribution < 1.29 is 13.5 Å². The van der Waals surface area contributed by atoms with Crippen LogP contribution in [0.15, 0.2) is 18.5 Å². The molecule has 3 atom stereocenters. The van der Waals surface area contributed by atoms with Gasteiger partial charge in [0.25, 0.3) is 5.92 Å². The first-order chi connectivity index (χ1) is 14.5. The third-order valence-corrected chi connectivity index (χ3v) is 6.87. The molecule has 0 aromatic carbocycles. The minimum atomic E-state index is -2.55. The highest BCUT2D eigenvalue weighted by atomic mass is 19.3. The van der Waals surface area contributed by atoms with E-state index in [9.17, 15) is 8.78 Å². The van der Waals surface area contributed by atoms with Crippen LogP contribution in [0.1, 0.15) is 50.3 Å². The van der Waals surface area contributed by atoms with Gasteiger partial charge < -0.3 is 15.4 Å². The Bertz CT molecular complexity index is 884. The summed E-state index contributed by atoms with van der Waals surface area (Å²) < 4.78 is 36.4. The number of nitrogens with zero attached hydrogens (tertiary/aromatic N) is 5. The van der Waals surface area contributed by atoms with E-state index >= 15 is 0 Å². The van der Waals surface area contributed by atoms with Crippen LogP contribution in [0, 0.1) is 0 Å². The SMILES string of the molecule is Nc1ncnn2c([C@H]3CC[C@@H](CN4CCC(F)(F)C[C@H]4CN4CCCC4)O3)ccc12. The van der Waals surface area contributed by atoms with Gasteiger partial charge in [-0.25, -0.2) is 18.3 Å². The Labute approximate surface area is 175 Å². The lowest BCUT2D eigenvalue weighted by molar-refractivity contribution is -0.0931. The average Bonchev–Trinajstić information content (AvgIpc) is 3.44. The number of nitrogens with two attached hydrogens (primary N) is 1. The molecule has 0 bridgehead atoms. The van der Waals surface area contributed by atoms with E-state index in [-0.39, 0.29) is 31.1 Å². The van der Waals surface area contributed by atoms with Crippen LogP contribution in [-0.4, -0.2) is 75.2 Å². The number of nitrogen functional groups attached to an aromatic ring is 1.